The fraction of sp³-hybridized carbons (Fsp3) is 0.333. The van der Waals surface area contributed by atoms with Crippen LogP contribution in [-0.4, -0.2) is 57.6 Å². The summed E-state index contributed by atoms with van der Waals surface area (Å²) in [4.78, 5) is 27.5. The Kier molecular flexibility index (Phi) is 9.43. The normalized spacial score (nSPS) is 14.1. The van der Waals surface area contributed by atoms with Gasteiger partial charge < -0.3 is 19.7 Å². The number of methoxy groups -OCH3 is 1. The molecule has 38 heavy (non-hydrogen) atoms. The van der Waals surface area contributed by atoms with Gasteiger partial charge in [-0.3, -0.25) is 10.1 Å². The van der Waals surface area contributed by atoms with Gasteiger partial charge in [-0.15, -0.1) is 0 Å². The Bertz CT molecular complexity index is 1240. The number of piperidine rings is 1. The van der Waals surface area contributed by atoms with Gasteiger partial charge in [0.25, 0.3) is 0 Å². The van der Waals surface area contributed by atoms with E-state index in [4.69, 9.17) is 17.3 Å². The number of ether oxygens (including phenoxy) is 2. The molecule has 0 bridgehead atoms. The predicted molar refractivity (Wildman–Crippen MR) is 152 cm³/mol. The Labute approximate surface area is 225 Å². The first-order chi connectivity index (χ1) is 18.5. The first-order valence-corrected chi connectivity index (χ1v) is 13.0. The number of carbonyl (C=O) groups excluding carboxylic acids is 2. The van der Waals surface area contributed by atoms with E-state index in [2.05, 4.69) is 15.5 Å². The van der Waals surface area contributed by atoms with E-state index in [0.29, 0.717) is 25.0 Å². The summed E-state index contributed by atoms with van der Waals surface area (Å²) >= 11 is 0. The molecule has 0 spiro atoms. The highest BCUT2D eigenvalue weighted by molar-refractivity contribution is 6.08. The maximum atomic E-state index is 12.6. The zero-order chi connectivity index (χ0) is 26.9. The number of para-hydroxylation sites is 1. The lowest BCUT2D eigenvalue weighted by molar-refractivity contribution is -0.116. The topological polar surface area (TPSA) is 79.9 Å². The Morgan fingerprint density at radius 1 is 0.974 bits per heavy atom. The third-order valence-corrected chi connectivity index (χ3v) is 6.83. The van der Waals surface area contributed by atoms with Gasteiger partial charge in [0.15, 0.2) is 0 Å². The maximum absolute atomic E-state index is 12.6. The molecule has 2 N–H and O–H groups in total. The summed E-state index contributed by atoms with van der Waals surface area (Å²) in [5.41, 5.74) is 5.28. The number of hydrogen-bond donors (Lipinski definition) is 2. The van der Waals surface area contributed by atoms with Crippen LogP contribution in [0.3, 0.4) is 0 Å². The van der Waals surface area contributed by atoms with E-state index < -0.39 is 6.09 Å². The number of aryl methyl sites for hydroxylation is 1. The lowest BCUT2D eigenvalue weighted by atomic mass is 9.94. The molecule has 0 aromatic heterocycles. The van der Waals surface area contributed by atoms with E-state index in [1.54, 1.807) is 7.11 Å². The molecule has 3 aromatic rings. The number of carbonyl (C=O) groups is 2. The molecule has 7 nitrogen and oxygen atoms in total. The number of nitrogens with zero attached hydrogens (tertiary/aromatic N) is 1. The summed E-state index contributed by atoms with van der Waals surface area (Å²) in [6, 6.07) is 21.4. The largest absolute Gasteiger partial charge is 0.496 e. The van der Waals surface area contributed by atoms with E-state index in [1.165, 1.54) is 0 Å². The molecule has 1 aliphatic rings. The van der Waals surface area contributed by atoms with Crippen molar-refractivity contribution in [3.05, 3.63) is 77.9 Å². The van der Waals surface area contributed by atoms with Gasteiger partial charge in [0, 0.05) is 43.4 Å². The Hall–Kier alpha value is -3.78. The summed E-state index contributed by atoms with van der Waals surface area (Å²) in [7, 11) is 7.36. The molecule has 8 heteroatoms. The smallest absolute Gasteiger partial charge is 0.411 e. The van der Waals surface area contributed by atoms with Crippen molar-refractivity contribution in [1.29, 1.82) is 0 Å². The van der Waals surface area contributed by atoms with Gasteiger partial charge in [0.1, 0.15) is 11.9 Å². The minimum atomic E-state index is -0.447. The molecule has 1 aliphatic heterocycles. The minimum absolute atomic E-state index is 0.0505. The molecule has 1 fully saturated rings. The summed E-state index contributed by atoms with van der Waals surface area (Å²) in [5.74, 6) is 0.619. The number of anilines is 2. The lowest BCUT2D eigenvalue weighted by Crippen LogP contribution is -2.39. The van der Waals surface area contributed by atoms with Crippen molar-refractivity contribution >= 4 is 31.2 Å². The van der Waals surface area contributed by atoms with Crippen LogP contribution < -0.4 is 15.4 Å². The monoisotopic (exact) mass is 511 g/mol. The number of hydrogen-bond acceptors (Lipinski definition) is 5. The highest BCUT2D eigenvalue weighted by Gasteiger charge is 2.23. The quantitative estimate of drug-likeness (QED) is 0.377. The second kappa shape index (κ2) is 13.1. The summed E-state index contributed by atoms with van der Waals surface area (Å²) in [6.45, 7) is 4.12. The zero-order valence-electron chi connectivity index (χ0n) is 22.0. The van der Waals surface area contributed by atoms with Gasteiger partial charge >= 0.3 is 6.09 Å². The van der Waals surface area contributed by atoms with Gasteiger partial charge in [0.2, 0.25) is 5.91 Å². The van der Waals surface area contributed by atoms with Crippen LogP contribution in [0.2, 0.25) is 0 Å². The molecule has 0 atom stereocenters. The number of amides is 2. The van der Waals surface area contributed by atoms with E-state index in [9.17, 15) is 9.59 Å². The fourth-order valence-corrected chi connectivity index (χ4v) is 4.71. The van der Waals surface area contributed by atoms with Gasteiger partial charge in [-0.1, -0.05) is 60.9 Å². The van der Waals surface area contributed by atoms with Crippen LogP contribution in [0.5, 0.6) is 5.75 Å². The van der Waals surface area contributed by atoms with Crippen molar-refractivity contribution in [2.45, 2.75) is 38.6 Å². The Morgan fingerprint density at radius 2 is 1.68 bits per heavy atom. The van der Waals surface area contributed by atoms with Gasteiger partial charge in [-0.05, 0) is 42.5 Å². The van der Waals surface area contributed by atoms with Crippen LogP contribution in [0, 0.1) is 6.92 Å². The second-order valence-corrected chi connectivity index (χ2v) is 9.46. The zero-order valence-corrected chi connectivity index (χ0v) is 22.0. The van der Waals surface area contributed by atoms with E-state index in [1.807, 2.05) is 73.7 Å². The molecule has 3 aromatic carbocycles. The van der Waals surface area contributed by atoms with Crippen molar-refractivity contribution in [3.63, 3.8) is 0 Å². The molecule has 196 valence electrons. The van der Waals surface area contributed by atoms with Gasteiger partial charge in [-0.25, -0.2) is 4.79 Å². The Morgan fingerprint density at radius 3 is 2.39 bits per heavy atom. The molecule has 2 amide bonds. The highest BCUT2D eigenvalue weighted by atomic mass is 16.6. The molecule has 2 radical (unpaired) electrons. The van der Waals surface area contributed by atoms with Crippen molar-refractivity contribution < 1.29 is 19.1 Å². The molecule has 4 rings (SSSR count). The van der Waals surface area contributed by atoms with Gasteiger partial charge in [0.05, 0.1) is 20.6 Å². The van der Waals surface area contributed by atoms with E-state index >= 15 is 0 Å². The summed E-state index contributed by atoms with van der Waals surface area (Å²) in [5, 5.41) is 5.89. The summed E-state index contributed by atoms with van der Waals surface area (Å²) in [6.07, 6.45) is 1.61. The van der Waals surface area contributed by atoms with Crippen molar-refractivity contribution in [3.8, 4) is 16.9 Å². The Balaban J connectivity index is 1.21. The predicted octanol–water partition coefficient (Wildman–Crippen LogP) is 5.38. The molecule has 0 aliphatic carbocycles. The van der Waals surface area contributed by atoms with Crippen molar-refractivity contribution in [2.75, 3.05) is 37.4 Å². The standard InChI is InChI=1S/C30H34BN3O4/c1-21-18-23(20-31)28(37-2)19-27(21)32-29(35)14-17-34-15-12-24(13-16-34)38-30(36)33-26-11-7-6-10-25(26)22-8-4-3-5-9-22/h3-11,18-19,24H,12-17,20H2,1-2H3,(H,32,35)(H,33,36). The third kappa shape index (κ3) is 7.16. The molecule has 1 saturated heterocycles. The van der Waals surface area contributed by atoms with Crippen LogP contribution in [0.4, 0.5) is 16.2 Å². The minimum Gasteiger partial charge on any atom is -0.496 e. The number of likely N-dealkylation sites (tertiary alicyclic amines) is 1. The van der Waals surface area contributed by atoms with Crippen LogP contribution in [0.15, 0.2) is 66.7 Å². The highest BCUT2D eigenvalue weighted by Crippen LogP contribution is 2.29. The molecule has 1 heterocycles. The van der Waals surface area contributed by atoms with E-state index in [-0.39, 0.29) is 12.0 Å². The molecule has 0 unspecified atom stereocenters. The molecule has 0 saturated carbocycles. The van der Waals surface area contributed by atoms with Crippen molar-refractivity contribution in [1.82, 2.24) is 4.90 Å². The third-order valence-electron chi connectivity index (χ3n) is 6.83. The second-order valence-electron chi connectivity index (χ2n) is 9.46. The average molecular weight is 511 g/mol. The summed E-state index contributed by atoms with van der Waals surface area (Å²) < 4.78 is 11.1. The van der Waals surface area contributed by atoms with Crippen LogP contribution in [-0.2, 0) is 15.9 Å². The van der Waals surface area contributed by atoms with Crippen LogP contribution >= 0.6 is 0 Å². The maximum Gasteiger partial charge on any atom is 0.411 e. The first kappa shape index (κ1) is 27.3. The van der Waals surface area contributed by atoms with Crippen molar-refractivity contribution in [2.24, 2.45) is 0 Å². The first-order valence-electron chi connectivity index (χ1n) is 13.0. The molecular formula is C30H34BN3O4. The number of nitrogens with one attached hydrogen (secondary N) is 2. The average Bonchev–Trinajstić information content (AvgIpc) is 2.94. The SMILES string of the molecule is [B]Cc1cc(C)c(NC(=O)CCN2CCC(OC(=O)Nc3ccccc3-c3ccccc3)CC2)cc1OC. The number of rotatable bonds is 9. The van der Waals surface area contributed by atoms with Gasteiger partial charge in [-0.2, -0.15) is 0 Å². The van der Waals surface area contributed by atoms with Crippen LogP contribution in [0.25, 0.3) is 11.1 Å². The lowest BCUT2D eigenvalue weighted by Gasteiger charge is -2.31. The molecular weight excluding hydrogens is 477 g/mol. The fourth-order valence-electron chi connectivity index (χ4n) is 4.71. The van der Waals surface area contributed by atoms with Crippen LogP contribution in [0.1, 0.15) is 30.4 Å². The van der Waals surface area contributed by atoms with E-state index in [0.717, 1.165) is 59.6 Å². The number of benzene rings is 3.